The summed E-state index contributed by atoms with van der Waals surface area (Å²) in [5.41, 5.74) is -3.88. The standard InChI is InChI=1S/C26H46N4O10S/c1-7-26(9-12-30(13-10-26)24(35)40-25(4,5)6)39-23(34)29-18(14-16(2)3)21(32)28-19(22(33)41(36,37)38)15-17-8-11-27-20(17)31/h16-19,22,33H,7-15H2,1-6H3,(H,27,31)(H,28,32)(H,29,34)(H,36,37,38)/t17-,18-,19-,22?/m0/s1. The molecule has 0 aliphatic carbocycles. The number of hydrogen-bond donors (Lipinski definition) is 5. The lowest BCUT2D eigenvalue weighted by Gasteiger charge is -2.41. The first-order valence-electron chi connectivity index (χ1n) is 14.1. The fraction of sp³-hybridized carbons (Fsp3) is 0.846. The van der Waals surface area contributed by atoms with Gasteiger partial charge in [-0.1, -0.05) is 20.8 Å². The van der Waals surface area contributed by atoms with Gasteiger partial charge in [0.05, 0.1) is 6.04 Å². The summed E-state index contributed by atoms with van der Waals surface area (Å²) in [7, 11) is -4.97. The molecule has 0 aromatic rings. The Labute approximate surface area is 242 Å². The van der Waals surface area contributed by atoms with Crippen molar-refractivity contribution in [2.75, 3.05) is 19.6 Å². The molecular weight excluding hydrogens is 560 g/mol. The molecule has 14 nitrogen and oxygen atoms in total. The number of alkyl carbamates (subject to hydrolysis) is 1. The molecule has 41 heavy (non-hydrogen) atoms. The van der Waals surface area contributed by atoms with Crippen molar-refractivity contribution >= 4 is 34.1 Å². The van der Waals surface area contributed by atoms with Crippen LogP contribution in [0.3, 0.4) is 0 Å². The minimum atomic E-state index is -4.97. The molecule has 0 aromatic heterocycles. The second-order valence-corrected chi connectivity index (χ2v) is 13.8. The monoisotopic (exact) mass is 606 g/mol. The Morgan fingerprint density at radius 3 is 2.24 bits per heavy atom. The van der Waals surface area contributed by atoms with Gasteiger partial charge in [0.15, 0.2) is 0 Å². The molecule has 1 unspecified atom stereocenters. The number of hydrogen-bond acceptors (Lipinski definition) is 9. The third kappa shape index (κ3) is 10.6. The first kappa shape index (κ1) is 34.6. The van der Waals surface area contributed by atoms with Crippen LogP contribution in [0.5, 0.6) is 0 Å². The Hall–Kier alpha value is -2.65. The van der Waals surface area contributed by atoms with Crippen LogP contribution < -0.4 is 16.0 Å². The highest BCUT2D eigenvalue weighted by Gasteiger charge is 2.41. The summed E-state index contributed by atoms with van der Waals surface area (Å²) in [6, 6.07) is -2.66. The van der Waals surface area contributed by atoms with Gasteiger partial charge in [-0.2, -0.15) is 8.42 Å². The van der Waals surface area contributed by atoms with Crippen molar-refractivity contribution < 1.29 is 46.7 Å². The Balaban J connectivity index is 2.10. The average Bonchev–Trinajstić information content (AvgIpc) is 3.25. The Morgan fingerprint density at radius 2 is 1.78 bits per heavy atom. The molecule has 0 spiro atoms. The van der Waals surface area contributed by atoms with Gasteiger partial charge in [0, 0.05) is 38.4 Å². The lowest BCUT2D eigenvalue weighted by Crippen LogP contribution is -2.56. The van der Waals surface area contributed by atoms with Gasteiger partial charge in [0.1, 0.15) is 17.2 Å². The number of likely N-dealkylation sites (tertiary alicyclic amines) is 1. The Bertz CT molecular complexity index is 1050. The van der Waals surface area contributed by atoms with E-state index in [0.29, 0.717) is 45.3 Å². The van der Waals surface area contributed by atoms with Crippen molar-refractivity contribution in [3.63, 3.8) is 0 Å². The molecule has 4 amide bonds. The number of amides is 4. The van der Waals surface area contributed by atoms with Gasteiger partial charge in [-0.05, 0) is 52.4 Å². The molecule has 4 atom stereocenters. The van der Waals surface area contributed by atoms with Gasteiger partial charge >= 0.3 is 12.2 Å². The maximum Gasteiger partial charge on any atom is 0.410 e. The van der Waals surface area contributed by atoms with Crippen LogP contribution >= 0.6 is 0 Å². The maximum atomic E-state index is 13.3. The average molecular weight is 607 g/mol. The van der Waals surface area contributed by atoms with E-state index in [1.54, 1.807) is 25.7 Å². The molecule has 0 saturated carbocycles. The van der Waals surface area contributed by atoms with Crippen molar-refractivity contribution in [2.24, 2.45) is 11.8 Å². The molecule has 0 bridgehead atoms. The fourth-order valence-corrected chi connectivity index (χ4v) is 5.53. The van der Waals surface area contributed by atoms with Crippen molar-refractivity contribution in [1.29, 1.82) is 0 Å². The van der Waals surface area contributed by atoms with Gasteiger partial charge in [-0.25, -0.2) is 9.59 Å². The van der Waals surface area contributed by atoms with Crippen LogP contribution in [0.2, 0.25) is 0 Å². The van der Waals surface area contributed by atoms with E-state index < -0.39 is 62.9 Å². The number of rotatable bonds is 11. The van der Waals surface area contributed by atoms with E-state index >= 15 is 0 Å². The van der Waals surface area contributed by atoms with E-state index in [2.05, 4.69) is 16.0 Å². The van der Waals surface area contributed by atoms with Crippen LogP contribution in [0, 0.1) is 11.8 Å². The Kier molecular flexibility index (Phi) is 11.8. The van der Waals surface area contributed by atoms with E-state index in [0.717, 1.165) is 0 Å². The van der Waals surface area contributed by atoms with E-state index in [4.69, 9.17) is 9.47 Å². The van der Waals surface area contributed by atoms with E-state index in [9.17, 15) is 37.3 Å². The Morgan fingerprint density at radius 1 is 1.17 bits per heavy atom. The third-order valence-electron chi connectivity index (χ3n) is 7.27. The third-order valence-corrected chi connectivity index (χ3v) is 8.21. The molecule has 0 aromatic carbocycles. The topological polar surface area (TPSA) is 201 Å². The van der Waals surface area contributed by atoms with E-state index in [-0.39, 0.29) is 24.7 Å². The van der Waals surface area contributed by atoms with E-state index in [1.807, 2.05) is 20.8 Å². The number of nitrogens with zero attached hydrogens (tertiary/aromatic N) is 1. The van der Waals surface area contributed by atoms with Gasteiger partial charge in [-0.15, -0.1) is 0 Å². The highest BCUT2D eigenvalue weighted by atomic mass is 32.2. The predicted molar refractivity (Wildman–Crippen MR) is 148 cm³/mol. The van der Waals surface area contributed by atoms with Crippen molar-refractivity contribution in [3.8, 4) is 0 Å². The minimum absolute atomic E-state index is 0.0752. The smallest absolute Gasteiger partial charge is 0.410 e. The van der Waals surface area contributed by atoms with Crippen LogP contribution in [-0.2, 0) is 29.2 Å². The lowest BCUT2D eigenvalue weighted by molar-refractivity contribution is -0.126. The molecule has 2 aliphatic heterocycles. The molecule has 5 N–H and O–H groups in total. The SMILES string of the molecule is CCC1(OC(=O)N[C@@H](CC(C)C)C(=O)N[C@@H](C[C@@H]2CCNC2=O)C(O)S(=O)(=O)O)CCN(C(=O)OC(C)(C)C)CC1. The quantitative estimate of drug-likeness (QED) is 0.215. The number of carbonyl (C=O) groups excluding carboxylic acids is 4. The highest BCUT2D eigenvalue weighted by Crippen LogP contribution is 2.31. The number of aliphatic hydroxyl groups excluding tert-OH is 1. The summed E-state index contributed by atoms with van der Waals surface area (Å²) in [6.07, 6.45) is 0.184. The zero-order valence-corrected chi connectivity index (χ0v) is 25.6. The van der Waals surface area contributed by atoms with Gasteiger partial charge in [0.25, 0.3) is 10.1 Å². The van der Waals surface area contributed by atoms with Crippen molar-refractivity contribution in [2.45, 2.75) is 109 Å². The second-order valence-electron chi connectivity index (χ2n) is 12.3. The maximum absolute atomic E-state index is 13.3. The molecule has 2 saturated heterocycles. The second kappa shape index (κ2) is 14.0. The number of nitrogens with one attached hydrogen (secondary N) is 3. The number of ether oxygens (including phenoxy) is 2. The van der Waals surface area contributed by atoms with Crippen LogP contribution in [0.4, 0.5) is 9.59 Å². The largest absolute Gasteiger partial charge is 0.444 e. The number of piperidine rings is 1. The molecule has 2 heterocycles. The molecular formula is C26H46N4O10S. The first-order chi connectivity index (χ1) is 18.9. The summed E-state index contributed by atoms with van der Waals surface area (Å²) in [5, 5.41) is 17.8. The van der Waals surface area contributed by atoms with E-state index in [1.165, 1.54) is 0 Å². The van der Waals surface area contributed by atoms with Gasteiger partial charge < -0.3 is 35.4 Å². The summed E-state index contributed by atoms with van der Waals surface area (Å²) in [6.45, 7) is 11.8. The summed E-state index contributed by atoms with van der Waals surface area (Å²) in [5.74, 6) is -1.90. The predicted octanol–water partition coefficient (Wildman–Crippen LogP) is 1.52. The number of aliphatic hydroxyl groups is 1. The molecule has 2 aliphatic rings. The minimum Gasteiger partial charge on any atom is -0.444 e. The molecule has 2 rings (SSSR count). The van der Waals surface area contributed by atoms with Crippen molar-refractivity contribution in [3.05, 3.63) is 0 Å². The first-order valence-corrected chi connectivity index (χ1v) is 15.6. The van der Waals surface area contributed by atoms with Gasteiger partial charge in [0.2, 0.25) is 17.3 Å². The fourth-order valence-electron chi connectivity index (χ4n) is 4.94. The van der Waals surface area contributed by atoms with Gasteiger partial charge in [-0.3, -0.25) is 14.1 Å². The molecule has 0 radical (unpaired) electrons. The van der Waals surface area contributed by atoms with Crippen LogP contribution in [-0.4, -0.2) is 95.3 Å². The normalized spacial score (nSPS) is 21.4. The zero-order chi connectivity index (χ0) is 31.2. The zero-order valence-electron chi connectivity index (χ0n) is 24.8. The highest BCUT2D eigenvalue weighted by molar-refractivity contribution is 7.86. The summed E-state index contributed by atoms with van der Waals surface area (Å²) in [4.78, 5) is 52.3. The van der Waals surface area contributed by atoms with Crippen LogP contribution in [0.1, 0.15) is 80.1 Å². The summed E-state index contributed by atoms with van der Waals surface area (Å²) < 4.78 is 44.0. The molecule has 15 heteroatoms. The number of carbonyl (C=O) groups is 4. The lowest BCUT2D eigenvalue weighted by atomic mass is 9.89. The van der Waals surface area contributed by atoms with Crippen molar-refractivity contribution in [1.82, 2.24) is 20.9 Å². The molecule has 2 fully saturated rings. The van der Waals surface area contributed by atoms with Crippen LogP contribution in [0.25, 0.3) is 0 Å². The van der Waals surface area contributed by atoms with Crippen LogP contribution in [0.15, 0.2) is 0 Å². The summed E-state index contributed by atoms with van der Waals surface area (Å²) >= 11 is 0. The molecule has 236 valence electrons.